The monoisotopic (exact) mass is 516 g/mol. The minimum absolute atomic E-state index is 0.275. The lowest BCUT2D eigenvalue weighted by Crippen LogP contribution is -2.36. The van der Waals surface area contributed by atoms with Crippen LogP contribution < -0.4 is 10.1 Å². The number of nitrogens with zero attached hydrogens (tertiary/aromatic N) is 1. The molecule has 0 atom stereocenters. The minimum Gasteiger partial charge on any atom is -0.492 e. The van der Waals surface area contributed by atoms with Crippen molar-refractivity contribution in [3.63, 3.8) is 0 Å². The van der Waals surface area contributed by atoms with E-state index >= 15 is 0 Å². The molecule has 1 aliphatic rings. The van der Waals surface area contributed by atoms with Gasteiger partial charge in [0.25, 0.3) is 11.1 Å². The van der Waals surface area contributed by atoms with E-state index in [2.05, 4.69) is 35.1 Å². The molecule has 0 saturated carbocycles. The van der Waals surface area contributed by atoms with Crippen LogP contribution in [0.25, 0.3) is 6.08 Å². The molecule has 0 spiro atoms. The van der Waals surface area contributed by atoms with Gasteiger partial charge in [-0.15, -0.1) is 0 Å². The fourth-order valence-electron chi connectivity index (χ4n) is 2.93. The third kappa shape index (κ3) is 6.01. The average molecular weight is 517 g/mol. The van der Waals surface area contributed by atoms with E-state index in [1.54, 1.807) is 12.1 Å². The summed E-state index contributed by atoms with van der Waals surface area (Å²) in [5.41, 5.74) is 3.54. The minimum atomic E-state index is -0.480. The smallest absolute Gasteiger partial charge is 0.294 e. The van der Waals surface area contributed by atoms with E-state index in [1.807, 2.05) is 44.2 Å². The molecule has 1 fully saturated rings. The summed E-state index contributed by atoms with van der Waals surface area (Å²) in [4.78, 5) is 38.7. The van der Waals surface area contributed by atoms with Crippen LogP contribution in [0.1, 0.15) is 30.5 Å². The lowest BCUT2D eigenvalue weighted by Gasteiger charge is -2.13. The molecule has 0 bridgehead atoms. The van der Waals surface area contributed by atoms with Gasteiger partial charge in [0.2, 0.25) is 5.91 Å². The van der Waals surface area contributed by atoms with E-state index in [0.717, 1.165) is 37.8 Å². The fraction of sp³-hybridized carbons (Fsp3) is 0.292. The van der Waals surface area contributed by atoms with Crippen LogP contribution in [0.2, 0.25) is 0 Å². The summed E-state index contributed by atoms with van der Waals surface area (Å²) in [7, 11) is 0. The molecule has 8 heteroatoms. The number of ether oxygens (including phenoxy) is 1. The lowest BCUT2D eigenvalue weighted by molar-refractivity contribution is -0.127. The molecule has 1 N–H and O–H groups in total. The summed E-state index contributed by atoms with van der Waals surface area (Å²) in [6.07, 6.45) is 1.64. The first-order valence-electron chi connectivity index (χ1n) is 10.2. The maximum absolute atomic E-state index is 12.7. The number of benzene rings is 2. The van der Waals surface area contributed by atoms with Gasteiger partial charge in [-0.2, -0.15) is 0 Å². The van der Waals surface area contributed by atoms with Crippen molar-refractivity contribution < 1.29 is 19.1 Å². The molecule has 0 radical (unpaired) electrons. The van der Waals surface area contributed by atoms with Crippen LogP contribution in [0, 0.1) is 19.8 Å². The summed E-state index contributed by atoms with van der Waals surface area (Å²) < 4.78 is 6.50. The molecule has 6 nitrogen and oxygen atoms in total. The molecule has 3 rings (SSSR count). The van der Waals surface area contributed by atoms with Crippen LogP contribution in [-0.2, 0) is 9.59 Å². The Balaban J connectivity index is 1.67. The molecule has 1 saturated heterocycles. The summed E-state index contributed by atoms with van der Waals surface area (Å²) in [5.74, 6) is 0.213. The molecule has 0 aliphatic carbocycles. The van der Waals surface area contributed by atoms with Crippen molar-refractivity contribution in [1.29, 1.82) is 0 Å². The van der Waals surface area contributed by atoms with Gasteiger partial charge >= 0.3 is 0 Å². The Morgan fingerprint density at radius 2 is 1.91 bits per heavy atom. The first-order valence-corrected chi connectivity index (χ1v) is 11.8. The van der Waals surface area contributed by atoms with Crippen LogP contribution in [0.3, 0.4) is 0 Å². The Kier molecular flexibility index (Phi) is 7.79. The summed E-state index contributed by atoms with van der Waals surface area (Å²) in [5, 5.41) is 2.28. The van der Waals surface area contributed by atoms with Gasteiger partial charge in [-0.25, -0.2) is 0 Å². The van der Waals surface area contributed by atoms with E-state index < -0.39 is 17.1 Å². The Labute approximate surface area is 200 Å². The van der Waals surface area contributed by atoms with E-state index in [0.29, 0.717) is 24.0 Å². The first kappa shape index (κ1) is 24.1. The number of amides is 3. The number of imide groups is 1. The van der Waals surface area contributed by atoms with Gasteiger partial charge in [0, 0.05) is 5.69 Å². The topological polar surface area (TPSA) is 75.7 Å². The van der Waals surface area contributed by atoms with Gasteiger partial charge < -0.3 is 10.1 Å². The molecule has 32 heavy (non-hydrogen) atoms. The van der Waals surface area contributed by atoms with Crippen molar-refractivity contribution in [1.82, 2.24) is 4.90 Å². The highest BCUT2D eigenvalue weighted by atomic mass is 79.9. The number of hydrogen-bond donors (Lipinski definition) is 1. The molecular weight excluding hydrogens is 492 g/mol. The van der Waals surface area contributed by atoms with Gasteiger partial charge in [0.15, 0.2) is 0 Å². The Morgan fingerprint density at radius 1 is 1.16 bits per heavy atom. The normalized spacial score (nSPS) is 15.1. The highest BCUT2D eigenvalue weighted by molar-refractivity contribution is 9.10. The first-order chi connectivity index (χ1) is 15.1. The van der Waals surface area contributed by atoms with Crippen LogP contribution in [0.4, 0.5) is 10.5 Å². The number of carbonyl (C=O) groups excluding carboxylic acids is 3. The molecule has 3 amide bonds. The van der Waals surface area contributed by atoms with Crippen molar-refractivity contribution >= 4 is 56.5 Å². The maximum Gasteiger partial charge on any atom is 0.294 e. The van der Waals surface area contributed by atoms with Crippen molar-refractivity contribution in [3.05, 3.63) is 62.5 Å². The molecule has 1 heterocycles. The molecule has 0 unspecified atom stereocenters. The van der Waals surface area contributed by atoms with Crippen molar-refractivity contribution in [2.75, 3.05) is 18.5 Å². The van der Waals surface area contributed by atoms with Crippen LogP contribution in [-0.4, -0.2) is 35.1 Å². The number of thioether (sulfide) groups is 1. The molecule has 2 aromatic carbocycles. The summed E-state index contributed by atoms with van der Waals surface area (Å²) >= 11 is 4.31. The standard InChI is InChI=1S/C24H25BrN2O4S/c1-14(2)13-31-20-8-6-17(10-19(20)25)11-21-23(29)27(24(30)32-21)12-22(28)26-18-7-5-15(3)16(4)9-18/h5-11,14H,12-13H2,1-4H3,(H,26,28)/b21-11+. The largest absolute Gasteiger partial charge is 0.492 e. The zero-order valence-electron chi connectivity index (χ0n) is 18.4. The van der Waals surface area contributed by atoms with Crippen LogP contribution >= 0.6 is 27.7 Å². The van der Waals surface area contributed by atoms with Crippen LogP contribution in [0.5, 0.6) is 5.75 Å². The van der Waals surface area contributed by atoms with E-state index in [-0.39, 0.29) is 11.4 Å². The Morgan fingerprint density at radius 3 is 2.56 bits per heavy atom. The average Bonchev–Trinajstić information content (AvgIpc) is 2.97. The SMILES string of the molecule is Cc1ccc(NC(=O)CN2C(=O)S/C(=C/c3ccc(OCC(C)C)c(Br)c3)C2=O)cc1C. The zero-order valence-corrected chi connectivity index (χ0v) is 20.8. The van der Waals surface area contributed by atoms with E-state index in [1.165, 1.54) is 0 Å². The quantitative estimate of drug-likeness (QED) is 0.472. The van der Waals surface area contributed by atoms with Gasteiger partial charge in [0.1, 0.15) is 12.3 Å². The number of halogens is 1. The number of anilines is 1. The second kappa shape index (κ2) is 10.4. The van der Waals surface area contributed by atoms with Crippen LogP contribution in [0.15, 0.2) is 45.8 Å². The number of aryl methyl sites for hydroxylation is 2. The summed E-state index contributed by atoms with van der Waals surface area (Å²) in [6.45, 7) is 8.34. The van der Waals surface area contributed by atoms with Gasteiger partial charge in [0.05, 0.1) is 16.0 Å². The third-order valence-electron chi connectivity index (χ3n) is 4.79. The van der Waals surface area contributed by atoms with Crippen molar-refractivity contribution in [3.8, 4) is 5.75 Å². The highest BCUT2D eigenvalue weighted by Gasteiger charge is 2.36. The van der Waals surface area contributed by atoms with Gasteiger partial charge in [-0.1, -0.05) is 26.0 Å². The number of hydrogen-bond acceptors (Lipinski definition) is 5. The number of carbonyl (C=O) groups is 3. The third-order valence-corrected chi connectivity index (χ3v) is 6.32. The van der Waals surface area contributed by atoms with E-state index in [4.69, 9.17) is 4.74 Å². The fourth-order valence-corrected chi connectivity index (χ4v) is 4.28. The van der Waals surface area contributed by atoms with Crippen molar-refractivity contribution in [2.45, 2.75) is 27.7 Å². The van der Waals surface area contributed by atoms with Crippen molar-refractivity contribution in [2.24, 2.45) is 5.92 Å². The molecule has 2 aromatic rings. The number of rotatable bonds is 7. The molecule has 1 aliphatic heterocycles. The predicted molar refractivity (Wildman–Crippen MR) is 132 cm³/mol. The Hall–Kier alpha value is -2.58. The van der Waals surface area contributed by atoms with Gasteiger partial charge in [-0.3, -0.25) is 19.3 Å². The maximum atomic E-state index is 12.7. The Bertz CT molecular complexity index is 1100. The lowest BCUT2D eigenvalue weighted by atomic mass is 10.1. The zero-order chi connectivity index (χ0) is 23.4. The second-order valence-corrected chi connectivity index (χ2v) is 9.86. The molecule has 0 aromatic heterocycles. The number of nitrogens with one attached hydrogen (secondary N) is 1. The summed E-state index contributed by atoms with van der Waals surface area (Å²) in [6, 6.07) is 11.0. The molecular formula is C24H25BrN2O4S. The molecule has 168 valence electrons. The second-order valence-electron chi connectivity index (χ2n) is 8.01. The predicted octanol–water partition coefficient (Wildman–Crippen LogP) is 5.78. The van der Waals surface area contributed by atoms with E-state index in [9.17, 15) is 14.4 Å². The highest BCUT2D eigenvalue weighted by Crippen LogP contribution is 2.34. The van der Waals surface area contributed by atoms with Gasteiger partial charge in [-0.05, 0) is 94.5 Å².